The monoisotopic (exact) mass is 180 g/mol. The van der Waals surface area contributed by atoms with Gasteiger partial charge in [0.05, 0.1) is 0 Å². The number of pyridine rings is 1. The van der Waals surface area contributed by atoms with Crippen molar-refractivity contribution in [1.29, 1.82) is 0 Å². The summed E-state index contributed by atoms with van der Waals surface area (Å²) < 4.78 is 12.8. The van der Waals surface area contributed by atoms with Crippen molar-refractivity contribution in [3.8, 4) is 0 Å². The van der Waals surface area contributed by atoms with E-state index in [0.717, 1.165) is 5.56 Å². The lowest BCUT2D eigenvalue weighted by molar-refractivity contribution is 0.570. The normalized spacial score (nSPS) is 12.5. The Labute approximate surface area is 77.3 Å². The van der Waals surface area contributed by atoms with Crippen molar-refractivity contribution < 1.29 is 4.39 Å². The molecule has 2 nitrogen and oxygen atoms in total. The number of halogens is 1. The molecule has 0 aliphatic heterocycles. The fraction of sp³-hybridized carbons (Fsp3) is 0.300. The van der Waals surface area contributed by atoms with Crippen LogP contribution in [0.4, 0.5) is 4.39 Å². The molecule has 0 aromatic carbocycles. The Morgan fingerprint density at radius 3 is 3.00 bits per heavy atom. The van der Waals surface area contributed by atoms with E-state index >= 15 is 0 Å². The number of aromatic nitrogens is 1. The third kappa shape index (κ3) is 2.36. The van der Waals surface area contributed by atoms with Crippen molar-refractivity contribution in [2.45, 2.75) is 19.4 Å². The van der Waals surface area contributed by atoms with Crippen molar-refractivity contribution in [1.82, 2.24) is 4.98 Å². The highest BCUT2D eigenvalue weighted by atomic mass is 19.1. The first-order chi connectivity index (χ1) is 6.15. The summed E-state index contributed by atoms with van der Waals surface area (Å²) in [7, 11) is 0. The van der Waals surface area contributed by atoms with Crippen molar-refractivity contribution >= 4 is 0 Å². The van der Waals surface area contributed by atoms with Gasteiger partial charge in [-0.2, -0.15) is 4.39 Å². The van der Waals surface area contributed by atoms with Gasteiger partial charge in [-0.15, -0.1) is 6.58 Å². The molecular weight excluding hydrogens is 167 g/mol. The Morgan fingerprint density at radius 2 is 2.46 bits per heavy atom. The first-order valence-corrected chi connectivity index (χ1v) is 4.13. The second-order valence-corrected chi connectivity index (χ2v) is 3.01. The molecule has 13 heavy (non-hydrogen) atoms. The number of hydrogen-bond acceptors (Lipinski definition) is 2. The lowest BCUT2D eigenvalue weighted by Crippen LogP contribution is -2.10. The number of hydrogen-bond donors (Lipinski definition) is 1. The van der Waals surface area contributed by atoms with Crippen LogP contribution in [0, 0.1) is 12.9 Å². The fourth-order valence-corrected chi connectivity index (χ4v) is 1.10. The summed E-state index contributed by atoms with van der Waals surface area (Å²) in [4.78, 5) is 3.60. The molecule has 3 heteroatoms. The van der Waals surface area contributed by atoms with Crippen LogP contribution in [0.25, 0.3) is 0 Å². The molecule has 0 unspecified atom stereocenters. The van der Waals surface area contributed by atoms with Crippen LogP contribution in [0.5, 0.6) is 0 Å². The predicted octanol–water partition coefficient (Wildman–Crippen LogP) is 2.11. The third-order valence-electron chi connectivity index (χ3n) is 1.88. The standard InChI is InChI=1S/C10H13FN2/c1-3-4-9(12)8-5-7(2)10(11)13-6-8/h3,5-6,9H,1,4,12H2,2H3/t9-/m1/s1. The highest BCUT2D eigenvalue weighted by molar-refractivity contribution is 5.21. The van der Waals surface area contributed by atoms with E-state index in [2.05, 4.69) is 11.6 Å². The van der Waals surface area contributed by atoms with Gasteiger partial charge in [0.15, 0.2) is 0 Å². The van der Waals surface area contributed by atoms with Gasteiger partial charge >= 0.3 is 0 Å². The molecule has 1 aromatic heterocycles. The third-order valence-corrected chi connectivity index (χ3v) is 1.88. The quantitative estimate of drug-likeness (QED) is 0.571. The van der Waals surface area contributed by atoms with E-state index in [1.807, 2.05) is 0 Å². The maximum atomic E-state index is 12.8. The molecule has 0 bridgehead atoms. The summed E-state index contributed by atoms with van der Waals surface area (Å²) in [6, 6.07) is 1.58. The Balaban J connectivity index is 2.89. The van der Waals surface area contributed by atoms with Crippen molar-refractivity contribution in [3.63, 3.8) is 0 Å². The van der Waals surface area contributed by atoms with Crippen LogP contribution < -0.4 is 5.73 Å². The van der Waals surface area contributed by atoms with Gasteiger partial charge in [0.25, 0.3) is 0 Å². The van der Waals surface area contributed by atoms with Crippen LogP contribution in [0.2, 0.25) is 0 Å². The zero-order valence-electron chi connectivity index (χ0n) is 7.63. The fourth-order valence-electron chi connectivity index (χ4n) is 1.10. The molecule has 1 atom stereocenters. The maximum Gasteiger partial charge on any atom is 0.215 e. The number of nitrogens with two attached hydrogens (primary N) is 1. The highest BCUT2D eigenvalue weighted by Crippen LogP contribution is 2.15. The average molecular weight is 180 g/mol. The molecular formula is C10H13FN2. The van der Waals surface area contributed by atoms with Gasteiger partial charge in [-0.1, -0.05) is 6.08 Å². The summed E-state index contributed by atoms with van der Waals surface area (Å²) in [5.41, 5.74) is 7.16. The topological polar surface area (TPSA) is 38.9 Å². The van der Waals surface area contributed by atoms with Gasteiger partial charge in [0.2, 0.25) is 5.95 Å². The predicted molar refractivity (Wildman–Crippen MR) is 50.7 cm³/mol. The SMILES string of the molecule is C=CC[C@@H](N)c1cnc(F)c(C)c1. The molecule has 0 aliphatic carbocycles. The lowest BCUT2D eigenvalue weighted by atomic mass is 10.1. The minimum Gasteiger partial charge on any atom is -0.324 e. The average Bonchev–Trinajstić information content (AvgIpc) is 2.10. The number of rotatable bonds is 3. The molecule has 0 saturated heterocycles. The Hall–Kier alpha value is -1.22. The van der Waals surface area contributed by atoms with E-state index in [0.29, 0.717) is 12.0 Å². The van der Waals surface area contributed by atoms with Crippen LogP contribution in [-0.4, -0.2) is 4.98 Å². The Morgan fingerprint density at radius 1 is 1.77 bits per heavy atom. The molecule has 0 radical (unpaired) electrons. The summed E-state index contributed by atoms with van der Waals surface area (Å²) in [6.07, 6.45) is 3.88. The minimum atomic E-state index is -0.436. The second-order valence-electron chi connectivity index (χ2n) is 3.01. The molecule has 70 valence electrons. The maximum absolute atomic E-state index is 12.8. The zero-order valence-corrected chi connectivity index (χ0v) is 7.63. The Kier molecular flexibility index (Phi) is 3.14. The second kappa shape index (κ2) is 4.14. The van der Waals surface area contributed by atoms with Crippen LogP contribution in [-0.2, 0) is 0 Å². The minimum absolute atomic E-state index is 0.135. The summed E-state index contributed by atoms with van der Waals surface area (Å²) in [5.74, 6) is -0.436. The molecule has 1 heterocycles. The molecule has 1 rings (SSSR count). The highest BCUT2D eigenvalue weighted by Gasteiger charge is 2.06. The summed E-state index contributed by atoms with van der Waals surface area (Å²) in [5, 5.41) is 0. The zero-order chi connectivity index (χ0) is 9.84. The molecule has 1 aromatic rings. The van der Waals surface area contributed by atoms with E-state index in [1.54, 1.807) is 19.1 Å². The van der Waals surface area contributed by atoms with Crippen LogP contribution in [0.1, 0.15) is 23.6 Å². The smallest absolute Gasteiger partial charge is 0.215 e. The molecule has 0 aliphatic rings. The molecule has 0 spiro atoms. The van der Waals surface area contributed by atoms with Gasteiger partial charge in [-0.3, -0.25) is 0 Å². The van der Waals surface area contributed by atoms with E-state index in [4.69, 9.17) is 5.73 Å². The molecule has 0 saturated carbocycles. The number of nitrogens with zero attached hydrogens (tertiary/aromatic N) is 1. The van der Waals surface area contributed by atoms with Gasteiger partial charge in [0.1, 0.15) is 0 Å². The van der Waals surface area contributed by atoms with Gasteiger partial charge in [-0.05, 0) is 25.0 Å². The van der Waals surface area contributed by atoms with Crippen molar-refractivity contribution in [3.05, 3.63) is 42.0 Å². The van der Waals surface area contributed by atoms with Crippen molar-refractivity contribution in [2.24, 2.45) is 5.73 Å². The molecule has 0 amide bonds. The number of aryl methyl sites for hydroxylation is 1. The van der Waals surface area contributed by atoms with Crippen molar-refractivity contribution in [2.75, 3.05) is 0 Å². The largest absolute Gasteiger partial charge is 0.324 e. The first kappa shape index (κ1) is 9.86. The molecule has 0 fully saturated rings. The Bertz CT molecular complexity index is 310. The van der Waals surface area contributed by atoms with Crippen LogP contribution in [0.3, 0.4) is 0 Å². The van der Waals surface area contributed by atoms with E-state index < -0.39 is 5.95 Å². The summed E-state index contributed by atoms with van der Waals surface area (Å²) in [6.45, 7) is 5.26. The molecule has 2 N–H and O–H groups in total. The van der Waals surface area contributed by atoms with Crippen LogP contribution in [0.15, 0.2) is 24.9 Å². The summed E-state index contributed by atoms with van der Waals surface area (Å²) >= 11 is 0. The van der Waals surface area contributed by atoms with E-state index in [1.165, 1.54) is 6.20 Å². The van der Waals surface area contributed by atoms with Crippen LogP contribution >= 0.6 is 0 Å². The lowest BCUT2D eigenvalue weighted by Gasteiger charge is -2.09. The van der Waals surface area contributed by atoms with Gasteiger partial charge in [-0.25, -0.2) is 4.98 Å². The van der Waals surface area contributed by atoms with E-state index in [9.17, 15) is 4.39 Å². The first-order valence-electron chi connectivity index (χ1n) is 4.13. The van der Waals surface area contributed by atoms with Gasteiger partial charge < -0.3 is 5.73 Å². The van der Waals surface area contributed by atoms with Gasteiger partial charge in [0, 0.05) is 17.8 Å². The van der Waals surface area contributed by atoms with E-state index in [-0.39, 0.29) is 6.04 Å².